The van der Waals surface area contributed by atoms with E-state index in [0.29, 0.717) is 11.1 Å². The number of alkyl halides is 6. The van der Waals surface area contributed by atoms with Gasteiger partial charge in [0.15, 0.2) is 0 Å². The Labute approximate surface area is 239 Å². The van der Waals surface area contributed by atoms with Gasteiger partial charge in [-0.2, -0.15) is 31.4 Å². The van der Waals surface area contributed by atoms with E-state index in [0.717, 1.165) is 30.3 Å². The van der Waals surface area contributed by atoms with Gasteiger partial charge in [-0.05, 0) is 51.8 Å². The van der Waals surface area contributed by atoms with Crippen molar-refractivity contribution in [1.82, 2.24) is 10.4 Å². The molecule has 1 aliphatic rings. The zero-order chi connectivity index (χ0) is 29.3. The molecule has 0 aliphatic carbocycles. The van der Waals surface area contributed by atoms with Gasteiger partial charge in [-0.1, -0.05) is 40.9 Å². The number of nitrogens with zero attached hydrogens (tertiary/aromatic N) is 1. The van der Waals surface area contributed by atoms with Gasteiger partial charge in [0.1, 0.15) is 30.1 Å². The second kappa shape index (κ2) is 11.9. The zero-order valence-corrected chi connectivity index (χ0v) is 22.9. The summed E-state index contributed by atoms with van der Waals surface area (Å²) in [5.74, 6) is -4.69. The molecular formula is C23H15BrCl3F7N2O3. The number of hydroxylamine groups is 2. The normalized spacial score (nSPS) is 19.7. The van der Waals surface area contributed by atoms with Crippen LogP contribution in [0.2, 0.25) is 15.1 Å². The lowest BCUT2D eigenvalue weighted by Gasteiger charge is -2.23. The van der Waals surface area contributed by atoms with E-state index in [1.807, 2.05) is 0 Å². The number of carbonyl (C=O) groups is 2. The fraction of sp³-hybridized carbons (Fsp3) is 0.304. The first-order chi connectivity index (χ1) is 17.9. The molecule has 212 valence electrons. The number of allylic oxidation sites excluding steroid dienone is 1. The van der Waals surface area contributed by atoms with Crippen LogP contribution in [-0.2, 0) is 9.63 Å². The molecule has 16 heteroatoms. The molecule has 0 aromatic heterocycles. The largest absolute Gasteiger partial charge is 0.403 e. The van der Waals surface area contributed by atoms with Crippen molar-refractivity contribution >= 4 is 68.8 Å². The summed E-state index contributed by atoms with van der Waals surface area (Å²) in [6.07, 6.45) is -9.03. The Kier molecular flexibility index (Phi) is 9.66. The van der Waals surface area contributed by atoms with Crippen molar-refractivity contribution in [3.05, 3.63) is 72.6 Å². The monoisotopic (exact) mass is 684 g/mol. The minimum atomic E-state index is -4.94. The first-order valence-corrected chi connectivity index (χ1v) is 12.5. The van der Waals surface area contributed by atoms with E-state index in [2.05, 4.69) is 21.2 Å². The van der Waals surface area contributed by atoms with E-state index in [1.165, 1.54) is 0 Å². The van der Waals surface area contributed by atoms with Crippen LogP contribution in [0.15, 0.2) is 40.9 Å². The van der Waals surface area contributed by atoms with Crippen molar-refractivity contribution in [2.45, 2.75) is 23.8 Å². The lowest BCUT2D eigenvalue weighted by atomic mass is 9.96. The highest BCUT2D eigenvalue weighted by Crippen LogP contribution is 2.42. The van der Waals surface area contributed by atoms with Crippen LogP contribution in [0.5, 0.6) is 0 Å². The van der Waals surface area contributed by atoms with Gasteiger partial charge in [0.05, 0.1) is 33.8 Å². The summed E-state index contributed by atoms with van der Waals surface area (Å²) in [5.41, 5.74) is -2.79. The van der Waals surface area contributed by atoms with E-state index in [9.17, 15) is 35.9 Å². The summed E-state index contributed by atoms with van der Waals surface area (Å²) in [6.45, 7) is -2.63. The Morgan fingerprint density at radius 3 is 2.26 bits per heavy atom. The molecule has 1 amide bonds. The fourth-order valence-corrected chi connectivity index (χ4v) is 4.78. The maximum Gasteiger partial charge on any atom is 0.403 e. The van der Waals surface area contributed by atoms with Crippen molar-refractivity contribution in [1.29, 1.82) is 0 Å². The Morgan fingerprint density at radius 1 is 1.13 bits per heavy atom. The molecule has 0 spiro atoms. The number of rotatable bonds is 7. The van der Waals surface area contributed by atoms with Gasteiger partial charge >= 0.3 is 12.4 Å². The number of hydrogen-bond acceptors (Lipinski definition) is 4. The van der Waals surface area contributed by atoms with Gasteiger partial charge in [0.25, 0.3) is 5.91 Å². The predicted octanol–water partition coefficient (Wildman–Crippen LogP) is 7.54. The van der Waals surface area contributed by atoms with E-state index in [4.69, 9.17) is 39.6 Å². The molecule has 1 unspecified atom stereocenters. The first kappa shape index (κ1) is 31.6. The van der Waals surface area contributed by atoms with Crippen molar-refractivity contribution in [3.63, 3.8) is 0 Å². The summed E-state index contributed by atoms with van der Waals surface area (Å²) >= 11 is 20.5. The number of benzene rings is 2. The fourth-order valence-electron chi connectivity index (χ4n) is 3.61. The Bertz CT molecular complexity index is 1280. The number of nitrogens with one attached hydrogen (secondary N) is 1. The summed E-state index contributed by atoms with van der Waals surface area (Å²) in [7, 11) is 0. The number of amides is 1. The third-order valence-corrected chi connectivity index (χ3v) is 7.28. The topological polar surface area (TPSA) is 58.6 Å². The predicted molar refractivity (Wildman–Crippen MR) is 133 cm³/mol. The van der Waals surface area contributed by atoms with Gasteiger partial charge < -0.3 is 10.1 Å². The molecule has 3 rings (SSSR count). The molecule has 1 heterocycles. The summed E-state index contributed by atoms with van der Waals surface area (Å²) < 4.78 is 94.1. The molecule has 2 atom stereocenters. The third kappa shape index (κ3) is 7.86. The lowest BCUT2D eigenvalue weighted by Crippen LogP contribution is -2.54. The third-order valence-electron chi connectivity index (χ3n) is 5.43. The van der Waals surface area contributed by atoms with Crippen LogP contribution in [0.3, 0.4) is 0 Å². The minimum Gasteiger partial charge on any atom is -0.336 e. The highest BCUT2D eigenvalue weighted by molar-refractivity contribution is 9.10. The molecule has 39 heavy (non-hydrogen) atoms. The molecule has 2 aromatic rings. The van der Waals surface area contributed by atoms with E-state index in [1.54, 1.807) is 0 Å². The SMILES string of the molecule is O=C[C@]1(NC(=O)c2ccc(/C(F)=C/C(c3cc(Cl)c(Cl)c(Cl)c3)C(F)(F)F)cc2Br)CON(CC(F)(F)F)C1. The standard InChI is InChI=1S/C23H15BrCl3F7N2O3/c24-15-3-11(18(28)6-14(23(32,33)34)12-4-16(25)19(27)17(26)5-12)1-2-13(15)20(38)35-21(9-37)7-36(39-10-21)8-22(29,30)31/h1-6,9,14H,7-8,10H2,(H,35,38)/b18-6-/t14?,21-/m0/s1. The van der Waals surface area contributed by atoms with Crippen LogP contribution >= 0.6 is 50.7 Å². The molecule has 1 saturated heterocycles. The van der Waals surface area contributed by atoms with Crippen molar-refractivity contribution in [2.24, 2.45) is 0 Å². The number of carbonyl (C=O) groups excluding carboxylic acids is 2. The van der Waals surface area contributed by atoms with E-state index >= 15 is 4.39 Å². The van der Waals surface area contributed by atoms with E-state index in [-0.39, 0.29) is 37.0 Å². The lowest BCUT2D eigenvalue weighted by molar-refractivity contribution is -0.212. The van der Waals surface area contributed by atoms with Crippen LogP contribution in [0.1, 0.15) is 27.4 Å². The first-order valence-electron chi connectivity index (χ1n) is 10.6. The average molecular weight is 687 g/mol. The average Bonchev–Trinajstić information content (AvgIpc) is 3.20. The minimum absolute atomic E-state index is 0.0747. The summed E-state index contributed by atoms with van der Waals surface area (Å²) in [6, 6.07) is 4.90. The van der Waals surface area contributed by atoms with Crippen LogP contribution < -0.4 is 5.32 Å². The highest BCUT2D eigenvalue weighted by Gasteiger charge is 2.45. The molecule has 2 aromatic carbocycles. The van der Waals surface area contributed by atoms with E-state index < -0.39 is 60.8 Å². The molecule has 0 radical (unpaired) electrons. The van der Waals surface area contributed by atoms with Crippen molar-refractivity contribution in [3.8, 4) is 0 Å². The molecule has 0 saturated carbocycles. The molecule has 0 bridgehead atoms. The van der Waals surface area contributed by atoms with Crippen LogP contribution in [0.25, 0.3) is 5.83 Å². The number of hydrogen-bond donors (Lipinski definition) is 1. The van der Waals surface area contributed by atoms with Gasteiger partial charge in [-0.15, -0.1) is 0 Å². The molecule has 1 N–H and O–H groups in total. The van der Waals surface area contributed by atoms with Gasteiger partial charge in [-0.3, -0.25) is 9.63 Å². The van der Waals surface area contributed by atoms with Crippen LogP contribution in [-0.4, -0.2) is 54.8 Å². The van der Waals surface area contributed by atoms with Gasteiger partial charge in [0, 0.05) is 10.0 Å². The van der Waals surface area contributed by atoms with Crippen molar-refractivity contribution in [2.75, 3.05) is 19.7 Å². The quantitative estimate of drug-likeness (QED) is 0.186. The maximum absolute atomic E-state index is 15.0. The Hall–Kier alpha value is -1.90. The Balaban J connectivity index is 1.84. The molecule has 5 nitrogen and oxygen atoms in total. The smallest absolute Gasteiger partial charge is 0.336 e. The molecular weight excluding hydrogens is 672 g/mol. The number of aldehydes is 1. The highest BCUT2D eigenvalue weighted by atomic mass is 79.9. The van der Waals surface area contributed by atoms with Crippen LogP contribution in [0, 0.1) is 0 Å². The van der Waals surface area contributed by atoms with Crippen molar-refractivity contribution < 1.29 is 45.2 Å². The molecule has 1 fully saturated rings. The summed E-state index contributed by atoms with van der Waals surface area (Å²) in [4.78, 5) is 29.2. The summed E-state index contributed by atoms with van der Waals surface area (Å²) in [5, 5.41) is 2.08. The Morgan fingerprint density at radius 2 is 1.74 bits per heavy atom. The van der Waals surface area contributed by atoms with Gasteiger partial charge in [0.2, 0.25) is 0 Å². The maximum atomic E-state index is 15.0. The zero-order valence-electron chi connectivity index (χ0n) is 19.1. The number of halogens is 11. The van der Waals surface area contributed by atoms with Crippen LogP contribution in [0.4, 0.5) is 30.7 Å². The second-order valence-corrected chi connectivity index (χ2v) is 10.5. The van der Waals surface area contributed by atoms with Gasteiger partial charge in [-0.25, -0.2) is 4.39 Å². The second-order valence-electron chi connectivity index (χ2n) is 8.44. The molecule has 1 aliphatic heterocycles.